The van der Waals surface area contributed by atoms with Crippen LogP contribution in [0.3, 0.4) is 0 Å². The number of halogens is 2. The minimum absolute atomic E-state index is 0.00114. The average molecular weight is 474 g/mol. The van der Waals surface area contributed by atoms with E-state index in [4.69, 9.17) is 21.1 Å². The second kappa shape index (κ2) is 9.01. The number of hydrogen-bond donors (Lipinski definition) is 1. The van der Waals surface area contributed by atoms with Crippen molar-refractivity contribution < 1.29 is 13.9 Å². The molecule has 11 heteroatoms. The Kier molecular flexibility index (Phi) is 5.92. The lowest BCUT2D eigenvalue weighted by atomic mass is 9.92. The molecular formula is C22H25ClFN7O2. The van der Waals surface area contributed by atoms with Crippen LogP contribution in [-0.4, -0.2) is 51.2 Å². The maximum Gasteiger partial charge on any atom is 0.322 e. The predicted molar refractivity (Wildman–Crippen MR) is 122 cm³/mol. The molecule has 2 aromatic heterocycles. The first-order valence-electron chi connectivity index (χ1n) is 11.0. The molecule has 1 N–H and O–H groups in total. The van der Waals surface area contributed by atoms with Gasteiger partial charge in [-0.25, -0.2) is 9.07 Å². The van der Waals surface area contributed by atoms with E-state index in [2.05, 4.69) is 30.5 Å². The molecule has 2 aliphatic rings. The molecule has 3 atom stereocenters. The highest BCUT2D eigenvalue weighted by molar-refractivity contribution is 6.30. The molecule has 33 heavy (non-hydrogen) atoms. The van der Waals surface area contributed by atoms with Gasteiger partial charge in [-0.1, -0.05) is 11.6 Å². The number of nitrogens with zero attached hydrogens (tertiary/aromatic N) is 6. The van der Waals surface area contributed by atoms with Crippen molar-refractivity contribution in [3.8, 4) is 17.6 Å². The standard InChI is InChI=1S/C22H25ClFN7O2/c1-3-31-22(33-16-6-7-18(24)17(23)9-16)27-21(29-31)26-20-13-4-5-14(20)12-30(11-13)15-8-19(32-2)28-25-10-15/h6-10,13-14,20H,3-5,11-12H2,1-2H3,(H,26,29)/t13-,14+,20-. The lowest BCUT2D eigenvalue weighted by Crippen LogP contribution is -2.48. The van der Waals surface area contributed by atoms with Gasteiger partial charge in [0.05, 0.1) is 24.0 Å². The van der Waals surface area contributed by atoms with E-state index in [9.17, 15) is 4.39 Å². The van der Waals surface area contributed by atoms with Crippen LogP contribution in [0.4, 0.5) is 16.0 Å². The minimum Gasteiger partial charge on any atom is -0.480 e. The Balaban J connectivity index is 1.29. The van der Waals surface area contributed by atoms with Gasteiger partial charge in [-0.05, 0) is 43.7 Å². The normalized spacial score (nSPS) is 21.8. The van der Waals surface area contributed by atoms with Gasteiger partial charge in [0.15, 0.2) is 0 Å². The Bertz CT molecular complexity index is 1130. The van der Waals surface area contributed by atoms with E-state index in [0.29, 0.717) is 42.0 Å². The number of piperidine rings is 1. The Hall–Kier alpha value is -3.14. The highest BCUT2D eigenvalue weighted by Crippen LogP contribution is 2.40. The van der Waals surface area contributed by atoms with Gasteiger partial charge in [-0.2, -0.15) is 10.1 Å². The molecule has 2 fully saturated rings. The number of rotatable bonds is 7. The number of hydrogen-bond acceptors (Lipinski definition) is 8. The van der Waals surface area contributed by atoms with Crippen molar-refractivity contribution >= 4 is 23.2 Å². The van der Waals surface area contributed by atoms with Crippen molar-refractivity contribution in [3.63, 3.8) is 0 Å². The molecule has 2 bridgehead atoms. The summed E-state index contributed by atoms with van der Waals surface area (Å²) in [6, 6.07) is 6.75. The van der Waals surface area contributed by atoms with Gasteiger partial charge in [-0.15, -0.1) is 10.2 Å². The van der Waals surface area contributed by atoms with E-state index in [-0.39, 0.29) is 11.1 Å². The van der Waals surface area contributed by atoms with Crippen LogP contribution in [0.15, 0.2) is 30.5 Å². The van der Waals surface area contributed by atoms with Crippen LogP contribution in [0.5, 0.6) is 17.6 Å². The van der Waals surface area contributed by atoms with Gasteiger partial charge in [0.25, 0.3) is 0 Å². The van der Waals surface area contributed by atoms with Crippen LogP contribution in [0.25, 0.3) is 0 Å². The highest BCUT2D eigenvalue weighted by Gasteiger charge is 2.42. The van der Waals surface area contributed by atoms with E-state index in [1.165, 1.54) is 18.2 Å². The third-order valence-corrected chi connectivity index (χ3v) is 6.65. The topological polar surface area (TPSA) is 90.2 Å². The number of anilines is 2. The summed E-state index contributed by atoms with van der Waals surface area (Å²) in [5.74, 6) is 1.87. The van der Waals surface area contributed by atoms with Crippen molar-refractivity contribution in [1.82, 2.24) is 25.0 Å². The molecule has 9 nitrogen and oxygen atoms in total. The first kappa shape index (κ1) is 21.7. The van der Waals surface area contributed by atoms with Gasteiger partial charge in [0.2, 0.25) is 11.8 Å². The Morgan fingerprint density at radius 3 is 2.70 bits per heavy atom. The summed E-state index contributed by atoms with van der Waals surface area (Å²) >= 11 is 5.87. The van der Waals surface area contributed by atoms with E-state index in [1.807, 2.05) is 13.0 Å². The largest absolute Gasteiger partial charge is 0.480 e. The molecule has 5 rings (SSSR count). The van der Waals surface area contributed by atoms with Crippen LogP contribution in [0.2, 0.25) is 5.02 Å². The van der Waals surface area contributed by atoms with Gasteiger partial charge in [0.1, 0.15) is 11.6 Å². The minimum atomic E-state index is -0.494. The second-order valence-corrected chi connectivity index (χ2v) is 8.75. The lowest BCUT2D eigenvalue weighted by molar-refractivity contribution is 0.372. The predicted octanol–water partition coefficient (Wildman–Crippen LogP) is 4.01. The first-order valence-corrected chi connectivity index (χ1v) is 11.4. The van der Waals surface area contributed by atoms with Crippen molar-refractivity contribution in [1.29, 1.82) is 0 Å². The van der Waals surface area contributed by atoms with Crippen LogP contribution in [-0.2, 0) is 6.54 Å². The van der Waals surface area contributed by atoms with Gasteiger partial charge in [0, 0.05) is 37.8 Å². The van der Waals surface area contributed by atoms with E-state index < -0.39 is 5.82 Å². The summed E-state index contributed by atoms with van der Waals surface area (Å²) in [7, 11) is 1.60. The smallest absolute Gasteiger partial charge is 0.322 e. The van der Waals surface area contributed by atoms with Gasteiger partial charge in [-0.3, -0.25) is 0 Å². The van der Waals surface area contributed by atoms with Crippen molar-refractivity contribution in [2.45, 2.75) is 32.4 Å². The number of ether oxygens (including phenoxy) is 2. The van der Waals surface area contributed by atoms with Gasteiger partial charge >= 0.3 is 6.01 Å². The SMILES string of the molecule is CCn1nc(N[C@@H]2[C@@H]3CC[C@H]2CN(c2cnnc(OC)c2)C3)nc1Oc1ccc(F)c(Cl)c1. The number of nitrogens with one attached hydrogen (secondary N) is 1. The molecule has 3 heterocycles. The molecule has 1 saturated carbocycles. The summed E-state index contributed by atoms with van der Waals surface area (Å²) in [6.45, 7) is 4.37. The fraction of sp³-hybridized carbons (Fsp3) is 0.455. The zero-order valence-corrected chi connectivity index (χ0v) is 19.2. The van der Waals surface area contributed by atoms with Crippen LogP contribution in [0, 0.1) is 17.7 Å². The molecule has 0 radical (unpaired) electrons. The van der Waals surface area contributed by atoms with E-state index in [1.54, 1.807) is 18.0 Å². The number of fused-ring (bicyclic) bond motifs is 2. The van der Waals surface area contributed by atoms with Crippen molar-refractivity contribution in [2.75, 3.05) is 30.4 Å². The molecule has 1 saturated heterocycles. The molecule has 1 aromatic carbocycles. The molecule has 174 valence electrons. The monoisotopic (exact) mass is 473 g/mol. The molecular weight excluding hydrogens is 449 g/mol. The zero-order valence-electron chi connectivity index (χ0n) is 18.4. The Morgan fingerprint density at radius 2 is 2.00 bits per heavy atom. The molecule has 1 aliphatic carbocycles. The quantitative estimate of drug-likeness (QED) is 0.550. The highest BCUT2D eigenvalue weighted by atomic mass is 35.5. The van der Waals surface area contributed by atoms with Crippen LogP contribution >= 0.6 is 11.6 Å². The van der Waals surface area contributed by atoms with E-state index >= 15 is 0 Å². The number of aryl methyl sites for hydroxylation is 1. The number of benzene rings is 1. The maximum atomic E-state index is 13.5. The fourth-order valence-corrected chi connectivity index (χ4v) is 4.92. The summed E-state index contributed by atoms with van der Waals surface area (Å²) in [6.07, 6.45) is 4.06. The molecule has 1 aliphatic heterocycles. The molecule has 3 aromatic rings. The van der Waals surface area contributed by atoms with Crippen molar-refractivity contribution in [2.24, 2.45) is 11.8 Å². The number of aromatic nitrogens is 5. The fourth-order valence-electron chi connectivity index (χ4n) is 4.74. The third kappa shape index (κ3) is 4.39. The Labute approximate surface area is 195 Å². The third-order valence-electron chi connectivity index (χ3n) is 6.36. The van der Waals surface area contributed by atoms with Crippen molar-refractivity contribution in [3.05, 3.63) is 41.3 Å². The first-order chi connectivity index (χ1) is 16.0. The van der Waals surface area contributed by atoms with Crippen LogP contribution < -0.4 is 19.7 Å². The van der Waals surface area contributed by atoms with Crippen LogP contribution in [0.1, 0.15) is 19.8 Å². The van der Waals surface area contributed by atoms with Gasteiger partial charge < -0.3 is 19.7 Å². The maximum absolute atomic E-state index is 13.5. The molecule has 0 amide bonds. The van der Waals surface area contributed by atoms with E-state index in [0.717, 1.165) is 31.6 Å². The summed E-state index contributed by atoms with van der Waals surface area (Å²) < 4.78 is 26.2. The summed E-state index contributed by atoms with van der Waals surface area (Å²) in [5, 5.41) is 16.1. The Morgan fingerprint density at radius 1 is 1.21 bits per heavy atom. The summed E-state index contributed by atoms with van der Waals surface area (Å²) in [5.41, 5.74) is 1.03. The average Bonchev–Trinajstić information content (AvgIpc) is 3.31. The molecule has 0 spiro atoms. The number of methoxy groups -OCH3 is 1. The second-order valence-electron chi connectivity index (χ2n) is 8.34. The zero-order chi connectivity index (χ0) is 22.9. The summed E-state index contributed by atoms with van der Waals surface area (Å²) in [4.78, 5) is 6.90. The molecule has 0 unspecified atom stereocenters. The lowest BCUT2D eigenvalue weighted by Gasteiger charge is -2.39.